The third-order valence-corrected chi connectivity index (χ3v) is 3.52. The molecule has 18 heavy (non-hydrogen) atoms. The molecular weight excluding hydrogens is 242 g/mol. The molecule has 0 bridgehead atoms. The lowest BCUT2D eigenvalue weighted by Crippen LogP contribution is -3.06. The van der Waals surface area contributed by atoms with E-state index in [1.165, 1.54) is 10.5 Å². The molecule has 0 radical (unpaired) electrons. The Morgan fingerprint density at radius 3 is 2.50 bits per heavy atom. The molecule has 0 amide bonds. The van der Waals surface area contributed by atoms with Gasteiger partial charge in [0.15, 0.2) is 5.11 Å². The van der Waals surface area contributed by atoms with Gasteiger partial charge in [-0.1, -0.05) is 30.3 Å². The lowest BCUT2D eigenvalue weighted by Gasteiger charge is -2.28. The number of hydrogen-bond donors (Lipinski definition) is 2. The first-order valence-corrected chi connectivity index (χ1v) is 6.78. The summed E-state index contributed by atoms with van der Waals surface area (Å²) < 4.78 is 0. The van der Waals surface area contributed by atoms with Gasteiger partial charge in [0.25, 0.3) is 0 Å². The van der Waals surface area contributed by atoms with E-state index in [4.69, 9.17) is 12.2 Å². The molecule has 2 N–H and O–H groups in total. The lowest BCUT2D eigenvalue weighted by atomic mass is 10.1. The van der Waals surface area contributed by atoms with E-state index in [-0.39, 0.29) is 6.04 Å². The van der Waals surface area contributed by atoms with Gasteiger partial charge in [0.2, 0.25) is 0 Å². The summed E-state index contributed by atoms with van der Waals surface area (Å²) in [4.78, 5) is 3.53. The zero-order valence-corrected chi connectivity index (χ0v) is 12.6. The lowest BCUT2D eigenvalue weighted by molar-refractivity contribution is -0.856. The van der Waals surface area contributed by atoms with Gasteiger partial charge in [-0.15, -0.1) is 0 Å². The van der Waals surface area contributed by atoms with Crippen molar-refractivity contribution < 1.29 is 4.90 Å². The highest BCUT2D eigenvalue weighted by Crippen LogP contribution is 2.17. The number of benzene rings is 1. The summed E-state index contributed by atoms with van der Waals surface area (Å²) in [7, 11) is 6.32. The van der Waals surface area contributed by atoms with Gasteiger partial charge in [-0.3, -0.25) is 0 Å². The minimum absolute atomic E-state index is 0.290. The second kappa shape index (κ2) is 7.34. The predicted molar refractivity (Wildman–Crippen MR) is 80.9 cm³/mol. The fourth-order valence-corrected chi connectivity index (χ4v) is 1.94. The Bertz CT molecular complexity index is 365. The summed E-state index contributed by atoms with van der Waals surface area (Å²) in [6, 6.07) is 10.7. The summed E-state index contributed by atoms with van der Waals surface area (Å²) in [5.74, 6) is 0. The molecule has 0 aliphatic heterocycles. The highest BCUT2D eigenvalue weighted by Gasteiger charge is 2.13. The Labute approximate surface area is 116 Å². The van der Waals surface area contributed by atoms with Crippen molar-refractivity contribution in [3.8, 4) is 0 Å². The van der Waals surface area contributed by atoms with Crippen molar-refractivity contribution in [2.24, 2.45) is 0 Å². The first-order chi connectivity index (χ1) is 8.52. The minimum atomic E-state index is 0.290. The second-order valence-electron chi connectivity index (χ2n) is 4.89. The van der Waals surface area contributed by atoms with Crippen LogP contribution >= 0.6 is 12.2 Å². The molecule has 4 heteroatoms. The normalized spacial score (nSPS) is 12.3. The van der Waals surface area contributed by atoms with E-state index >= 15 is 0 Å². The SMILES string of the molecule is C[C@H](c1ccccc1)N(C)C(=S)NCC[NH+](C)C. The van der Waals surface area contributed by atoms with Crippen molar-refractivity contribution in [1.82, 2.24) is 10.2 Å². The van der Waals surface area contributed by atoms with E-state index in [0.29, 0.717) is 0 Å². The van der Waals surface area contributed by atoms with Crippen LogP contribution in [0.25, 0.3) is 0 Å². The van der Waals surface area contributed by atoms with Crippen LogP contribution in [0.5, 0.6) is 0 Å². The van der Waals surface area contributed by atoms with Crippen molar-refractivity contribution in [2.75, 3.05) is 34.2 Å². The molecule has 1 aromatic rings. The minimum Gasteiger partial charge on any atom is -0.357 e. The van der Waals surface area contributed by atoms with Gasteiger partial charge in [0, 0.05) is 7.05 Å². The first-order valence-electron chi connectivity index (χ1n) is 6.37. The molecule has 3 nitrogen and oxygen atoms in total. The van der Waals surface area contributed by atoms with Crippen molar-refractivity contribution in [3.05, 3.63) is 35.9 Å². The third-order valence-electron chi connectivity index (χ3n) is 3.08. The van der Waals surface area contributed by atoms with Crippen LogP contribution in [0, 0.1) is 0 Å². The molecule has 0 aliphatic carbocycles. The van der Waals surface area contributed by atoms with Gasteiger partial charge in [-0.25, -0.2) is 0 Å². The van der Waals surface area contributed by atoms with E-state index in [2.05, 4.69) is 55.5 Å². The van der Waals surface area contributed by atoms with E-state index < -0.39 is 0 Å². The molecule has 0 unspecified atom stereocenters. The van der Waals surface area contributed by atoms with Crippen LogP contribution in [0.1, 0.15) is 18.5 Å². The van der Waals surface area contributed by atoms with Gasteiger partial charge in [0.05, 0.1) is 33.2 Å². The molecule has 0 fully saturated rings. The quantitative estimate of drug-likeness (QED) is 0.766. The van der Waals surface area contributed by atoms with Crippen LogP contribution in [0.3, 0.4) is 0 Å². The Balaban J connectivity index is 2.48. The monoisotopic (exact) mass is 266 g/mol. The summed E-state index contributed by atoms with van der Waals surface area (Å²) in [5.41, 5.74) is 1.28. The van der Waals surface area contributed by atoms with E-state index in [9.17, 15) is 0 Å². The van der Waals surface area contributed by atoms with Gasteiger partial charge in [-0.2, -0.15) is 0 Å². The van der Waals surface area contributed by atoms with Gasteiger partial charge in [0.1, 0.15) is 0 Å². The molecule has 0 saturated carbocycles. The summed E-state index contributed by atoms with van der Waals surface area (Å²) in [6.07, 6.45) is 0. The smallest absolute Gasteiger partial charge is 0.169 e. The van der Waals surface area contributed by atoms with Crippen LogP contribution in [-0.4, -0.2) is 44.2 Å². The average Bonchev–Trinajstić information content (AvgIpc) is 2.37. The fourth-order valence-electron chi connectivity index (χ4n) is 1.68. The molecule has 1 aromatic carbocycles. The predicted octanol–water partition coefficient (Wildman–Crippen LogP) is 0.698. The number of nitrogens with zero attached hydrogens (tertiary/aromatic N) is 1. The van der Waals surface area contributed by atoms with E-state index in [1.54, 1.807) is 0 Å². The third kappa shape index (κ3) is 4.63. The number of quaternary nitrogens is 1. The van der Waals surface area contributed by atoms with Crippen LogP contribution in [0.15, 0.2) is 30.3 Å². The Morgan fingerprint density at radius 1 is 1.33 bits per heavy atom. The molecule has 0 aliphatic rings. The largest absolute Gasteiger partial charge is 0.357 e. The van der Waals surface area contributed by atoms with Crippen LogP contribution in [0.4, 0.5) is 0 Å². The average molecular weight is 266 g/mol. The first kappa shape index (κ1) is 14.9. The van der Waals surface area contributed by atoms with Crippen LogP contribution in [-0.2, 0) is 0 Å². The van der Waals surface area contributed by atoms with Gasteiger partial charge in [-0.05, 0) is 24.7 Å². The van der Waals surface area contributed by atoms with Crippen LogP contribution < -0.4 is 10.2 Å². The highest BCUT2D eigenvalue weighted by molar-refractivity contribution is 7.80. The number of hydrogen-bond acceptors (Lipinski definition) is 1. The Hall–Kier alpha value is -1.13. The molecule has 0 saturated heterocycles. The van der Waals surface area contributed by atoms with Crippen molar-refractivity contribution in [1.29, 1.82) is 0 Å². The molecule has 1 rings (SSSR count). The molecule has 0 heterocycles. The zero-order chi connectivity index (χ0) is 13.5. The summed E-state index contributed by atoms with van der Waals surface area (Å²) >= 11 is 5.41. The standard InChI is InChI=1S/C14H23N3S/c1-12(13-8-6-5-7-9-13)17(4)14(18)15-10-11-16(2)3/h5-9,12H,10-11H2,1-4H3,(H,15,18)/p+1/t12-/m1/s1. The maximum absolute atomic E-state index is 5.41. The zero-order valence-electron chi connectivity index (χ0n) is 11.7. The summed E-state index contributed by atoms with van der Waals surface area (Å²) in [5, 5.41) is 4.11. The molecule has 100 valence electrons. The van der Waals surface area contributed by atoms with Crippen molar-refractivity contribution in [2.45, 2.75) is 13.0 Å². The maximum atomic E-state index is 5.41. The number of rotatable bonds is 5. The number of likely N-dealkylation sites (N-methyl/N-ethyl adjacent to an activating group) is 1. The van der Waals surface area contributed by atoms with E-state index in [0.717, 1.165) is 18.2 Å². The summed E-state index contributed by atoms with van der Waals surface area (Å²) in [6.45, 7) is 4.14. The van der Waals surface area contributed by atoms with Gasteiger partial charge >= 0.3 is 0 Å². The van der Waals surface area contributed by atoms with E-state index in [1.807, 2.05) is 13.1 Å². The molecule has 0 aromatic heterocycles. The fraction of sp³-hybridized carbons (Fsp3) is 0.500. The topological polar surface area (TPSA) is 19.7 Å². The maximum Gasteiger partial charge on any atom is 0.169 e. The Kier molecular flexibility index (Phi) is 6.09. The number of nitrogens with one attached hydrogen (secondary N) is 2. The second-order valence-corrected chi connectivity index (χ2v) is 5.27. The molecule has 1 atom stereocenters. The van der Waals surface area contributed by atoms with Crippen molar-refractivity contribution >= 4 is 17.3 Å². The van der Waals surface area contributed by atoms with Gasteiger partial charge < -0.3 is 15.1 Å². The van der Waals surface area contributed by atoms with Crippen molar-refractivity contribution in [3.63, 3.8) is 0 Å². The number of thiocarbonyl (C=S) groups is 1. The molecular formula is C14H24N3S+. The highest BCUT2D eigenvalue weighted by atomic mass is 32.1. The molecule has 0 spiro atoms. The Morgan fingerprint density at radius 2 is 1.94 bits per heavy atom. The van der Waals surface area contributed by atoms with Crippen LogP contribution in [0.2, 0.25) is 0 Å².